The van der Waals surface area contributed by atoms with E-state index in [0.717, 1.165) is 57.6 Å². The van der Waals surface area contributed by atoms with Crippen molar-refractivity contribution in [2.75, 3.05) is 18.6 Å². The van der Waals surface area contributed by atoms with Gasteiger partial charge in [0.25, 0.3) is 0 Å². The van der Waals surface area contributed by atoms with Crippen LogP contribution in [0.3, 0.4) is 0 Å². The Balaban J connectivity index is 1.74. The van der Waals surface area contributed by atoms with Crippen LogP contribution in [0.25, 0.3) is 0 Å². The Labute approximate surface area is 188 Å². The number of halogens is 3. The van der Waals surface area contributed by atoms with Crippen molar-refractivity contribution in [1.82, 2.24) is 9.97 Å². The van der Waals surface area contributed by atoms with Crippen LogP contribution < -0.4 is 14.4 Å². The molecule has 1 saturated carbocycles. The van der Waals surface area contributed by atoms with Crippen LogP contribution in [-0.4, -0.2) is 29.7 Å². The van der Waals surface area contributed by atoms with Crippen molar-refractivity contribution in [3.05, 3.63) is 36.0 Å². The summed E-state index contributed by atoms with van der Waals surface area (Å²) in [4.78, 5) is 9.40. The van der Waals surface area contributed by atoms with Crippen molar-refractivity contribution in [3.63, 3.8) is 0 Å². The Morgan fingerprint density at radius 2 is 1.75 bits per heavy atom. The molecule has 0 bridgehead atoms. The Hall–Kier alpha value is -2.51. The van der Waals surface area contributed by atoms with Crippen LogP contribution in [0.1, 0.15) is 70.3 Å². The number of anilines is 2. The van der Waals surface area contributed by atoms with E-state index in [1.54, 1.807) is 31.3 Å². The van der Waals surface area contributed by atoms with Gasteiger partial charge in [0.2, 0.25) is 0 Å². The molecule has 3 rings (SSSR count). The average molecular weight is 452 g/mol. The van der Waals surface area contributed by atoms with Crippen LogP contribution in [-0.2, 0) is 6.18 Å². The molecule has 0 spiro atoms. The minimum absolute atomic E-state index is 0.0150. The largest absolute Gasteiger partial charge is 0.494 e. The fourth-order valence-electron chi connectivity index (χ4n) is 3.81. The normalized spacial score (nSPS) is 14.9. The Kier molecular flexibility index (Phi) is 8.59. The second kappa shape index (κ2) is 11.4. The number of hydrogen-bond donors (Lipinski definition) is 0. The monoisotopic (exact) mass is 451 g/mol. The quantitative estimate of drug-likeness (QED) is 0.366. The van der Waals surface area contributed by atoms with E-state index in [-0.39, 0.29) is 17.9 Å². The molecule has 1 aromatic heterocycles. The molecule has 32 heavy (non-hydrogen) atoms. The molecule has 5 nitrogen and oxygen atoms in total. The summed E-state index contributed by atoms with van der Waals surface area (Å²) in [5, 5.41) is 0. The minimum atomic E-state index is -4.57. The van der Waals surface area contributed by atoms with Crippen molar-refractivity contribution >= 4 is 11.5 Å². The van der Waals surface area contributed by atoms with Crippen LogP contribution in [0.5, 0.6) is 11.8 Å². The Morgan fingerprint density at radius 1 is 1.03 bits per heavy atom. The summed E-state index contributed by atoms with van der Waals surface area (Å²) in [7, 11) is 1.56. The van der Waals surface area contributed by atoms with Gasteiger partial charge in [0.05, 0.1) is 6.61 Å². The molecule has 1 heterocycles. The summed E-state index contributed by atoms with van der Waals surface area (Å²) in [6.07, 6.45) is 5.62. The highest BCUT2D eigenvalue weighted by molar-refractivity contribution is 5.63. The molecular formula is C24H32F3N3O2. The summed E-state index contributed by atoms with van der Waals surface area (Å²) >= 11 is 0. The van der Waals surface area contributed by atoms with E-state index in [1.807, 2.05) is 0 Å². The third kappa shape index (κ3) is 6.74. The zero-order valence-corrected chi connectivity index (χ0v) is 18.8. The first kappa shape index (κ1) is 24.1. The van der Waals surface area contributed by atoms with Gasteiger partial charge in [-0.05, 0) is 56.4 Å². The lowest BCUT2D eigenvalue weighted by Gasteiger charge is -2.25. The van der Waals surface area contributed by atoms with Crippen LogP contribution in [0.2, 0.25) is 0 Å². The molecule has 1 aliphatic rings. The van der Waals surface area contributed by atoms with Crippen LogP contribution in [0.4, 0.5) is 24.7 Å². The second-order valence-electron chi connectivity index (χ2n) is 8.23. The van der Waals surface area contributed by atoms with Crippen molar-refractivity contribution in [2.24, 2.45) is 0 Å². The second-order valence-corrected chi connectivity index (χ2v) is 8.23. The molecule has 0 radical (unpaired) electrons. The van der Waals surface area contributed by atoms with E-state index in [9.17, 15) is 13.2 Å². The van der Waals surface area contributed by atoms with Crippen LogP contribution in [0.15, 0.2) is 30.5 Å². The van der Waals surface area contributed by atoms with Crippen molar-refractivity contribution in [2.45, 2.75) is 77.0 Å². The lowest BCUT2D eigenvalue weighted by atomic mass is 9.98. The smallest absolute Gasteiger partial charge is 0.421 e. The molecule has 0 N–H and O–H groups in total. The zero-order valence-electron chi connectivity index (χ0n) is 18.8. The number of hydrogen-bond acceptors (Lipinski definition) is 5. The highest BCUT2D eigenvalue weighted by atomic mass is 19.4. The van der Waals surface area contributed by atoms with Gasteiger partial charge in [0, 0.05) is 18.9 Å². The van der Waals surface area contributed by atoms with Crippen LogP contribution in [0, 0.1) is 0 Å². The molecule has 1 aromatic carbocycles. The first-order valence-corrected chi connectivity index (χ1v) is 11.5. The molecule has 0 unspecified atom stereocenters. The average Bonchev–Trinajstić information content (AvgIpc) is 2.79. The van der Waals surface area contributed by atoms with E-state index in [0.29, 0.717) is 18.0 Å². The maximum atomic E-state index is 13.6. The fraction of sp³-hybridized carbons (Fsp3) is 0.583. The molecule has 0 aliphatic heterocycles. The fourth-order valence-corrected chi connectivity index (χ4v) is 3.81. The van der Waals surface area contributed by atoms with Gasteiger partial charge in [-0.25, -0.2) is 4.98 Å². The van der Waals surface area contributed by atoms with Crippen LogP contribution >= 0.6 is 0 Å². The van der Waals surface area contributed by atoms with Gasteiger partial charge < -0.3 is 14.4 Å². The Bertz CT molecular complexity index is 837. The molecule has 1 aliphatic carbocycles. The summed E-state index contributed by atoms with van der Waals surface area (Å²) in [5.41, 5.74) is -0.330. The molecule has 1 fully saturated rings. The number of benzene rings is 1. The van der Waals surface area contributed by atoms with Gasteiger partial charge in [-0.1, -0.05) is 32.6 Å². The van der Waals surface area contributed by atoms with Crippen molar-refractivity contribution < 1.29 is 22.6 Å². The maximum absolute atomic E-state index is 13.6. The number of nitrogens with zero attached hydrogens (tertiary/aromatic N) is 3. The molecule has 2 aromatic rings. The maximum Gasteiger partial charge on any atom is 0.421 e. The zero-order chi connectivity index (χ0) is 23.0. The number of ether oxygens (including phenoxy) is 2. The molecule has 0 amide bonds. The lowest BCUT2D eigenvalue weighted by Crippen LogP contribution is -2.23. The van der Waals surface area contributed by atoms with Gasteiger partial charge in [-0.3, -0.25) is 0 Å². The summed E-state index contributed by atoms with van der Waals surface area (Å²) in [6, 6.07) is 6.97. The predicted octanol–water partition coefficient (Wildman–Crippen LogP) is 6.93. The third-order valence-electron chi connectivity index (χ3n) is 5.68. The summed E-state index contributed by atoms with van der Waals surface area (Å²) in [5.74, 6) is 0.463. The molecule has 0 saturated heterocycles. The number of alkyl halides is 3. The molecule has 176 valence electrons. The SMILES string of the molecule is CCCCCCOc1ccc(N(C)c2nc(OC3CCCCC3)ncc2C(F)(F)F)cc1. The standard InChI is InChI=1S/C24H32F3N3O2/c1-3-4-5-9-16-31-19-14-12-18(13-15-19)30(2)22-21(24(25,26)27)17-28-23(29-22)32-20-10-7-6-8-11-20/h12-15,17,20H,3-11,16H2,1-2H3. The molecule has 8 heteroatoms. The first-order chi connectivity index (χ1) is 15.4. The molecule has 0 atom stereocenters. The number of aromatic nitrogens is 2. The first-order valence-electron chi connectivity index (χ1n) is 11.5. The van der Waals surface area contributed by atoms with E-state index in [1.165, 1.54) is 11.3 Å². The molecular weight excluding hydrogens is 419 g/mol. The summed E-state index contributed by atoms with van der Waals surface area (Å²) < 4.78 is 52.5. The van der Waals surface area contributed by atoms with E-state index in [2.05, 4.69) is 16.9 Å². The van der Waals surface area contributed by atoms with Gasteiger partial charge in [0.1, 0.15) is 17.4 Å². The highest BCUT2D eigenvalue weighted by Gasteiger charge is 2.37. The van der Waals surface area contributed by atoms with Gasteiger partial charge in [-0.2, -0.15) is 18.2 Å². The predicted molar refractivity (Wildman–Crippen MR) is 119 cm³/mol. The van der Waals surface area contributed by atoms with E-state index < -0.39 is 11.7 Å². The van der Waals surface area contributed by atoms with E-state index in [4.69, 9.17) is 9.47 Å². The lowest BCUT2D eigenvalue weighted by molar-refractivity contribution is -0.137. The number of unbranched alkanes of at least 4 members (excludes halogenated alkanes) is 3. The minimum Gasteiger partial charge on any atom is -0.494 e. The van der Waals surface area contributed by atoms with Gasteiger partial charge in [-0.15, -0.1) is 0 Å². The highest BCUT2D eigenvalue weighted by Crippen LogP contribution is 2.38. The van der Waals surface area contributed by atoms with Crippen molar-refractivity contribution in [3.8, 4) is 11.8 Å². The van der Waals surface area contributed by atoms with E-state index >= 15 is 0 Å². The summed E-state index contributed by atoms with van der Waals surface area (Å²) in [6.45, 7) is 2.78. The van der Waals surface area contributed by atoms with Crippen molar-refractivity contribution in [1.29, 1.82) is 0 Å². The van der Waals surface area contributed by atoms with Gasteiger partial charge in [0.15, 0.2) is 5.82 Å². The third-order valence-corrected chi connectivity index (χ3v) is 5.68. The number of rotatable bonds is 10. The van der Waals surface area contributed by atoms with Gasteiger partial charge >= 0.3 is 12.2 Å². The topological polar surface area (TPSA) is 47.5 Å². The Morgan fingerprint density at radius 3 is 2.41 bits per heavy atom.